The monoisotopic (exact) mass is 263 g/mol. The lowest BCUT2D eigenvalue weighted by atomic mass is 9.98. The number of hydrogen-bond acceptors (Lipinski definition) is 1. The lowest BCUT2D eigenvalue weighted by Crippen LogP contribution is -1.90. The molecule has 2 aromatic carbocycles. The summed E-state index contributed by atoms with van der Waals surface area (Å²) in [4.78, 5) is 0. The van der Waals surface area contributed by atoms with Gasteiger partial charge in [0, 0.05) is 17.8 Å². The van der Waals surface area contributed by atoms with E-state index in [0.29, 0.717) is 10.0 Å². The molecule has 0 aromatic heterocycles. The first-order valence-electron chi connectivity index (χ1n) is 5.57. The van der Waals surface area contributed by atoms with Gasteiger partial charge in [-0.2, -0.15) is 0 Å². The van der Waals surface area contributed by atoms with Gasteiger partial charge in [0.25, 0.3) is 0 Å². The Kier molecular flexibility index (Phi) is 2.73. The summed E-state index contributed by atoms with van der Waals surface area (Å²) >= 11 is 12.3. The van der Waals surface area contributed by atoms with E-state index in [0.717, 1.165) is 18.5 Å². The maximum Gasteiger partial charge on any atom is 0.0670 e. The molecule has 17 heavy (non-hydrogen) atoms. The molecule has 0 radical (unpaired) electrons. The van der Waals surface area contributed by atoms with Crippen LogP contribution in [0.3, 0.4) is 0 Å². The molecule has 0 bridgehead atoms. The highest BCUT2D eigenvalue weighted by atomic mass is 35.5. The smallest absolute Gasteiger partial charge is 0.0670 e. The molecule has 1 heterocycles. The molecule has 86 valence electrons. The lowest BCUT2D eigenvalue weighted by Gasteiger charge is -2.10. The third-order valence-electron chi connectivity index (χ3n) is 3.11. The van der Waals surface area contributed by atoms with Crippen molar-refractivity contribution >= 4 is 28.9 Å². The number of fused-ring (bicyclic) bond motifs is 1. The van der Waals surface area contributed by atoms with Crippen molar-refractivity contribution in [2.24, 2.45) is 0 Å². The van der Waals surface area contributed by atoms with Crippen LogP contribution in [0, 0.1) is 0 Å². The fourth-order valence-corrected chi connectivity index (χ4v) is 2.71. The highest BCUT2D eigenvalue weighted by molar-refractivity contribution is 6.43. The molecule has 1 N–H and O–H groups in total. The Labute approximate surface area is 110 Å². The summed E-state index contributed by atoms with van der Waals surface area (Å²) in [5.41, 5.74) is 4.73. The normalized spacial score (nSPS) is 13.3. The van der Waals surface area contributed by atoms with Gasteiger partial charge in [-0.25, -0.2) is 0 Å². The second-order valence-electron chi connectivity index (χ2n) is 4.11. The Morgan fingerprint density at radius 2 is 1.71 bits per heavy atom. The largest absolute Gasteiger partial charge is 0.384 e. The van der Waals surface area contributed by atoms with Gasteiger partial charge in [-0.15, -0.1) is 0 Å². The summed E-state index contributed by atoms with van der Waals surface area (Å²) in [5, 5.41) is 4.61. The molecule has 0 unspecified atom stereocenters. The van der Waals surface area contributed by atoms with E-state index in [1.807, 2.05) is 24.3 Å². The second-order valence-corrected chi connectivity index (χ2v) is 4.90. The van der Waals surface area contributed by atoms with Crippen molar-refractivity contribution in [3.63, 3.8) is 0 Å². The van der Waals surface area contributed by atoms with Crippen LogP contribution < -0.4 is 5.32 Å². The van der Waals surface area contributed by atoms with Crippen LogP contribution in [0.2, 0.25) is 10.0 Å². The minimum absolute atomic E-state index is 0.604. The van der Waals surface area contributed by atoms with Gasteiger partial charge in [0.15, 0.2) is 0 Å². The minimum Gasteiger partial charge on any atom is -0.384 e. The average Bonchev–Trinajstić information content (AvgIpc) is 2.81. The highest BCUT2D eigenvalue weighted by Gasteiger charge is 2.16. The highest BCUT2D eigenvalue weighted by Crippen LogP contribution is 2.38. The maximum atomic E-state index is 6.28. The van der Waals surface area contributed by atoms with E-state index < -0.39 is 0 Å². The second kappa shape index (κ2) is 4.25. The Balaban J connectivity index is 2.23. The van der Waals surface area contributed by atoms with E-state index in [9.17, 15) is 0 Å². The molecular formula is C14H11Cl2N. The first-order valence-corrected chi connectivity index (χ1v) is 6.33. The summed E-state index contributed by atoms with van der Waals surface area (Å²) < 4.78 is 0. The number of halogens is 2. The first kappa shape index (κ1) is 10.9. The van der Waals surface area contributed by atoms with E-state index in [1.165, 1.54) is 16.8 Å². The molecule has 0 aliphatic carbocycles. The number of nitrogens with one attached hydrogen (secondary N) is 1. The Morgan fingerprint density at radius 1 is 0.941 bits per heavy atom. The van der Waals surface area contributed by atoms with Gasteiger partial charge in [0.1, 0.15) is 0 Å². The van der Waals surface area contributed by atoms with Crippen LogP contribution in [0.1, 0.15) is 5.56 Å². The molecule has 2 aromatic rings. The number of benzene rings is 2. The van der Waals surface area contributed by atoms with Crippen molar-refractivity contribution in [2.75, 3.05) is 11.9 Å². The predicted octanol–water partition coefficient (Wildman–Crippen LogP) is 4.63. The Hall–Kier alpha value is -1.18. The topological polar surface area (TPSA) is 12.0 Å². The van der Waals surface area contributed by atoms with Gasteiger partial charge in [-0.05, 0) is 29.7 Å². The summed E-state index contributed by atoms with van der Waals surface area (Å²) in [6.45, 7) is 0.991. The summed E-state index contributed by atoms with van der Waals surface area (Å²) in [6, 6.07) is 12.0. The third-order valence-corrected chi connectivity index (χ3v) is 3.93. The lowest BCUT2D eigenvalue weighted by molar-refractivity contribution is 1.11. The van der Waals surface area contributed by atoms with E-state index in [2.05, 4.69) is 17.4 Å². The Bertz CT molecular complexity index is 578. The average molecular weight is 264 g/mol. The van der Waals surface area contributed by atoms with E-state index >= 15 is 0 Å². The number of anilines is 1. The van der Waals surface area contributed by atoms with E-state index in [1.54, 1.807) is 0 Å². The minimum atomic E-state index is 0.604. The standard InChI is InChI=1S/C14H11Cl2N/c15-12-5-1-4-11(14(12)16)9-3-2-6-13-10(9)7-8-17-13/h1-6,17H,7-8H2. The molecule has 0 atom stereocenters. The zero-order valence-corrected chi connectivity index (χ0v) is 10.6. The predicted molar refractivity (Wildman–Crippen MR) is 74.1 cm³/mol. The van der Waals surface area contributed by atoms with Crippen LogP contribution in [0.4, 0.5) is 5.69 Å². The fraction of sp³-hybridized carbons (Fsp3) is 0.143. The molecule has 0 spiro atoms. The molecule has 0 fully saturated rings. The fourth-order valence-electron chi connectivity index (χ4n) is 2.31. The van der Waals surface area contributed by atoms with Crippen molar-refractivity contribution < 1.29 is 0 Å². The quantitative estimate of drug-likeness (QED) is 0.791. The molecule has 0 amide bonds. The van der Waals surface area contributed by atoms with Crippen LogP contribution in [-0.4, -0.2) is 6.54 Å². The summed E-state index contributed by atoms with van der Waals surface area (Å²) in [7, 11) is 0. The molecule has 3 heteroatoms. The van der Waals surface area contributed by atoms with Gasteiger partial charge < -0.3 is 5.32 Å². The van der Waals surface area contributed by atoms with Crippen molar-refractivity contribution in [1.82, 2.24) is 0 Å². The van der Waals surface area contributed by atoms with Crippen molar-refractivity contribution in [1.29, 1.82) is 0 Å². The zero-order valence-electron chi connectivity index (χ0n) is 9.13. The van der Waals surface area contributed by atoms with Crippen molar-refractivity contribution in [2.45, 2.75) is 6.42 Å². The van der Waals surface area contributed by atoms with Crippen molar-refractivity contribution in [3.05, 3.63) is 52.0 Å². The van der Waals surface area contributed by atoms with E-state index in [4.69, 9.17) is 23.2 Å². The van der Waals surface area contributed by atoms with Gasteiger partial charge >= 0.3 is 0 Å². The van der Waals surface area contributed by atoms with E-state index in [-0.39, 0.29) is 0 Å². The van der Waals surface area contributed by atoms with Crippen LogP contribution in [0.25, 0.3) is 11.1 Å². The van der Waals surface area contributed by atoms with Crippen LogP contribution in [0.15, 0.2) is 36.4 Å². The molecule has 3 rings (SSSR count). The Morgan fingerprint density at radius 3 is 2.59 bits per heavy atom. The summed E-state index contributed by atoms with van der Waals surface area (Å²) in [6.07, 6.45) is 1.04. The van der Waals surface area contributed by atoms with Gasteiger partial charge in [0.05, 0.1) is 10.0 Å². The van der Waals surface area contributed by atoms with Crippen LogP contribution in [0.5, 0.6) is 0 Å². The molecule has 1 nitrogen and oxygen atoms in total. The first-order chi connectivity index (χ1) is 8.27. The van der Waals surface area contributed by atoms with Crippen LogP contribution in [-0.2, 0) is 6.42 Å². The summed E-state index contributed by atoms with van der Waals surface area (Å²) in [5.74, 6) is 0. The number of hydrogen-bond donors (Lipinski definition) is 1. The van der Waals surface area contributed by atoms with Crippen LogP contribution >= 0.6 is 23.2 Å². The van der Waals surface area contributed by atoms with Gasteiger partial charge in [-0.3, -0.25) is 0 Å². The maximum absolute atomic E-state index is 6.28. The number of rotatable bonds is 1. The third kappa shape index (κ3) is 1.80. The zero-order chi connectivity index (χ0) is 11.8. The van der Waals surface area contributed by atoms with Gasteiger partial charge in [0.2, 0.25) is 0 Å². The van der Waals surface area contributed by atoms with Crippen molar-refractivity contribution in [3.8, 4) is 11.1 Å². The molecule has 0 saturated carbocycles. The molecule has 0 saturated heterocycles. The van der Waals surface area contributed by atoms with Gasteiger partial charge in [-0.1, -0.05) is 47.5 Å². The SMILES string of the molecule is Clc1cccc(-c2cccc3c2CCN3)c1Cl. The molecular weight excluding hydrogens is 253 g/mol. The molecule has 1 aliphatic heterocycles. The molecule has 1 aliphatic rings.